The Labute approximate surface area is 180 Å². The molecule has 0 saturated heterocycles. The third-order valence-electron chi connectivity index (χ3n) is 3.63. The van der Waals surface area contributed by atoms with E-state index in [0.29, 0.717) is 79.3 Å². The maximum Gasteiger partial charge on any atom is 0.113 e. The van der Waals surface area contributed by atoms with Gasteiger partial charge < -0.3 is 33.2 Å². The molecule has 0 unspecified atom stereocenters. The average molecular weight is 447 g/mol. The van der Waals surface area contributed by atoms with Gasteiger partial charge in [0.05, 0.1) is 85.9 Å². The van der Waals surface area contributed by atoms with Gasteiger partial charge in [0.15, 0.2) is 0 Å². The molecular formula is C20H40ClFO7. The zero-order valence-corrected chi connectivity index (χ0v) is 18.5. The Morgan fingerprint density at radius 1 is 0.379 bits per heavy atom. The summed E-state index contributed by atoms with van der Waals surface area (Å²) in [5.41, 5.74) is 0. The summed E-state index contributed by atoms with van der Waals surface area (Å²) in [6, 6.07) is 0. The second-order valence-electron chi connectivity index (χ2n) is 6.08. The van der Waals surface area contributed by atoms with E-state index in [1.54, 1.807) is 0 Å². The molecule has 0 aliphatic carbocycles. The monoisotopic (exact) mass is 446 g/mol. The SMILES string of the molecule is FCCOCCOCCOCCOCCOCCOCCOCCCCCCCl. The van der Waals surface area contributed by atoms with E-state index >= 15 is 0 Å². The highest BCUT2D eigenvalue weighted by Gasteiger charge is 1.95. The van der Waals surface area contributed by atoms with Crippen molar-refractivity contribution in [3.63, 3.8) is 0 Å². The first-order valence-electron chi connectivity index (χ1n) is 10.6. The van der Waals surface area contributed by atoms with Gasteiger partial charge in [-0.2, -0.15) is 0 Å². The fraction of sp³-hybridized carbons (Fsp3) is 1.00. The van der Waals surface area contributed by atoms with Crippen molar-refractivity contribution >= 4 is 11.6 Å². The maximum absolute atomic E-state index is 11.8. The summed E-state index contributed by atoms with van der Waals surface area (Å²) in [5.74, 6) is 0.746. The number of rotatable bonds is 26. The number of hydrogen-bond donors (Lipinski definition) is 0. The van der Waals surface area contributed by atoms with Crippen LogP contribution < -0.4 is 0 Å². The largest absolute Gasteiger partial charge is 0.379 e. The standard InChI is InChI=1S/C20H40ClFO7/c21-5-3-1-2-4-7-23-9-11-25-13-15-27-17-19-29-20-18-28-16-14-26-12-10-24-8-6-22/h1-20H2. The van der Waals surface area contributed by atoms with Crippen molar-refractivity contribution in [1.29, 1.82) is 0 Å². The van der Waals surface area contributed by atoms with E-state index in [1.807, 2.05) is 0 Å². The van der Waals surface area contributed by atoms with E-state index in [1.165, 1.54) is 12.8 Å². The van der Waals surface area contributed by atoms with E-state index in [2.05, 4.69) is 0 Å². The summed E-state index contributed by atoms with van der Waals surface area (Å²) in [4.78, 5) is 0. The van der Waals surface area contributed by atoms with Crippen molar-refractivity contribution in [3.8, 4) is 0 Å². The highest BCUT2D eigenvalue weighted by Crippen LogP contribution is 2.01. The van der Waals surface area contributed by atoms with E-state index in [-0.39, 0.29) is 6.61 Å². The molecule has 0 aliphatic heterocycles. The van der Waals surface area contributed by atoms with Crippen molar-refractivity contribution in [1.82, 2.24) is 0 Å². The lowest BCUT2D eigenvalue weighted by Gasteiger charge is -2.08. The molecule has 0 aliphatic rings. The molecule has 0 radical (unpaired) electrons. The number of unbranched alkanes of at least 4 members (excludes halogenated alkanes) is 3. The van der Waals surface area contributed by atoms with Crippen LogP contribution >= 0.6 is 11.6 Å². The van der Waals surface area contributed by atoms with Crippen LogP contribution in [0.4, 0.5) is 4.39 Å². The Morgan fingerprint density at radius 3 is 1.03 bits per heavy atom. The Bertz CT molecular complexity index is 266. The Hall–Kier alpha value is -0.0600. The molecule has 0 saturated carbocycles. The molecule has 0 aromatic carbocycles. The van der Waals surface area contributed by atoms with Gasteiger partial charge in [0.1, 0.15) is 6.67 Å². The minimum atomic E-state index is -0.464. The lowest BCUT2D eigenvalue weighted by Crippen LogP contribution is -2.14. The summed E-state index contributed by atoms with van der Waals surface area (Å²) in [6.07, 6.45) is 4.51. The Morgan fingerprint density at radius 2 is 0.690 bits per heavy atom. The highest BCUT2D eigenvalue weighted by molar-refractivity contribution is 6.17. The van der Waals surface area contributed by atoms with E-state index in [4.69, 9.17) is 44.8 Å². The van der Waals surface area contributed by atoms with Crippen molar-refractivity contribution in [2.24, 2.45) is 0 Å². The van der Waals surface area contributed by atoms with Crippen LogP contribution in [0, 0.1) is 0 Å². The quantitative estimate of drug-likeness (QED) is 0.149. The molecule has 9 heteroatoms. The molecule has 0 bridgehead atoms. The first kappa shape index (κ1) is 28.9. The smallest absolute Gasteiger partial charge is 0.113 e. The van der Waals surface area contributed by atoms with Crippen LogP contribution in [0.1, 0.15) is 25.7 Å². The molecule has 0 aromatic rings. The summed E-state index contributed by atoms with van der Waals surface area (Å²) >= 11 is 5.62. The topological polar surface area (TPSA) is 64.6 Å². The molecule has 0 rings (SSSR count). The number of alkyl halides is 2. The minimum absolute atomic E-state index is 0.124. The summed E-state index contributed by atoms with van der Waals surface area (Å²) < 4.78 is 49.1. The Balaban J connectivity index is 2.97. The molecule has 0 heterocycles. The first-order chi connectivity index (χ1) is 14.4. The van der Waals surface area contributed by atoms with Gasteiger partial charge in [-0.3, -0.25) is 0 Å². The van der Waals surface area contributed by atoms with Crippen molar-refractivity contribution in [2.45, 2.75) is 25.7 Å². The molecule has 176 valence electrons. The van der Waals surface area contributed by atoms with E-state index in [0.717, 1.165) is 25.3 Å². The molecule has 29 heavy (non-hydrogen) atoms. The van der Waals surface area contributed by atoms with Gasteiger partial charge in [0.25, 0.3) is 0 Å². The van der Waals surface area contributed by atoms with Gasteiger partial charge in [-0.25, -0.2) is 4.39 Å². The third-order valence-corrected chi connectivity index (χ3v) is 3.89. The van der Waals surface area contributed by atoms with Crippen LogP contribution in [-0.2, 0) is 33.2 Å². The number of halogens is 2. The normalized spacial score (nSPS) is 11.4. The van der Waals surface area contributed by atoms with Gasteiger partial charge in [-0.15, -0.1) is 11.6 Å². The predicted molar refractivity (Wildman–Crippen MR) is 111 cm³/mol. The minimum Gasteiger partial charge on any atom is -0.379 e. The number of ether oxygens (including phenoxy) is 7. The average Bonchev–Trinajstić information content (AvgIpc) is 2.74. The van der Waals surface area contributed by atoms with Crippen molar-refractivity contribution in [3.05, 3.63) is 0 Å². The van der Waals surface area contributed by atoms with Gasteiger partial charge in [-0.05, 0) is 12.8 Å². The lowest BCUT2D eigenvalue weighted by atomic mass is 10.2. The van der Waals surface area contributed by atoms with Crippen LogP contribution in [-0.4, -0.2) is 105 Å². The lowest BCUT2D eigenvalue weighted by molar-refractivity contribution is -0.0208. The third kappa shape index (κ3) is 27.9. The summed E-state index contributed by atoms with van der Waals surface area (Å²) in [6.45, 7) is 6.68. The van der Waals surface area contributed by atoms with E-state index < -0.39 is 6.67 Å². The molecule has 0 amide bonds. The highest BCUT2D eigenvalue weighted by atomic mass is 35.5. The zero-order valence-electron chi connectivity index (χ0n) is 17.8. The predicted octanol–water partition coefficient (Wildman–Crippen LogP) is 2.87. The Kier molecular flexibility index (Phi) is 27.9. The number of hydrogen-bond acceptors (Lipinski definition) is 7. The van der Waals surface area contributed by atoms with Crippen LogP contribution in [0.5, 0.6) is 0 Å². The molecule has 0 atom stereocenters. The zero-order chi connectivity index (χ0) is 21.1. The molecule has 0 aromatic heterocycles. The molecule has 0 spiro atoms. The molecule has 0 N–H and O–H groups in total. The molecule has 0 fully saturated rings. The fourth-order valence-corrected chi connectivity index (χ4v) is 2.32. The fourth-order valence-electron chi connectivity index (χ4n) is 2.13. The van der Waals surface area contributed by atoms with Crippen molar-refractivity contribution < 1.29 is 37.5 Å². The van der Waals surface area contributed by atoms with E-state index in [9.17, 15) is 4.39 Å². The maximum atomic E-state index is 11.8. The van der Waals surface area contributed by atoms with Gasteiger partial charge >= 0.3 is 0 Å². The summed E-state index contributed by atoms with van der Waals surface area (Å²) in [7, 11) is 0. The van der Waals surface area contributed by atoms with Crippen LogP contribution in [0.25, 0.3) is 0 Å². The van der Waals surface area contributed by atoms with Gasteiger partial charge in [0, 0.05) is 12.5 Å². The van der Waals surface area contributed by atoms with Crippen LogP contribution in [0.3, 0.4) is 0 Å². The summed E-state index contributed by atoms with van der Waals surface area (Å²) in [5, 5.41) is 0. The molecular weight excluding hydrogens is 407 g/mol. The van der Waals surface area contributed by atoms with Crippen LogP contribution in [0.15, 0.2) is 0 Å². The van der Waals surface area contributed by atoms with Crippen LogP contribution in [0.2, 0.25) is 0 Å². The van der Waals surface area contributed by atoms with Crippen molar-refractivity contribution in [2.75, 3.05) is 105 Å². The van der Waals surface area contributed by atoms with Gasteiger partial charge in [0.2, 0.25) is 0 Å². The second-order valence-corrected chi connectivity index (χ2v) is 6.46. The first-order valence-corrected chi connectivity index (χ1v) is 11.1. The second kappa shape index (κ2) is 27.9. The van der Waals surface area contributed by atoms with Gasteiger partial charge in [-0.1, -0.05) is 12.8 Å². The molecule has 7 nitrogen and oxygen atoms in total.